The Kier molecular flexibility index (Phi) is 3.69. The van der Waals surface area contributed by atoms with E-state index in [1.165, 1.54) is 32.2 Å². The van der Waals surface area contributed by atoms with E-state index in [-0.39, 0.29) is 11.5 Å². The fraction of sp³-hybridized carbons (Fsp3) is 0.632. The van der Waals surface area contributed by atoms with Crippen LogP contribution in [0.15, 0.2) is 24.3 Å². The number of methoxy groups -OCH3 is 1. The van der Waals surface area contributed by atoms with Crippen LogP contribution in [0, 0.1) is 17.8 Å². The Morgan fingerprint density at radius 2 is 1.96 bits per heavy atom. The van der Waals surface area contributed by atoms with Crippen LogP contribution in [-0.2, 0) is 10.3 Å². The first-order valence-corrected chi connectivity index (χ1v) is 8.81. The molecule has 1 aromatic carbocycles. The molecule has 0 radical (unpaired) electrons. The van der Waals surface area contributed by atoms with E-state index in [4.69, 9.17) is 10.5 Å². The summed E-state index contributed by atoms with van der Waals surface area (Å²) in [6, 6.07) is 7.79. The van der Waals surface area contributed by atoms with Gasteiger partial charge in [-0.05, 0) is 49.3 Å². The van der Waals surface area contributed by atoms with Gasteiger partial charge in [0, 0.05) is 44.1 Å². The third-order valence-electron chi connectivity index (χ3n) is 6.18. The van der Waals surface area contributed by atoms with Crippen molar-refractivity contribution in [2.75, 3.05) is 26.7 Å². The highest BCUT2D eigenvalue weighted by atomic mass is 16.5. The van der Waals surface area contributed by atoms with E-state index in [0.717, 1.165) is 24.6 Å². The second-order valence-corrected chi connectivity index (χ2v) is 7.58. The topological polar surface area (TPSA) is 55.6 Å². The fourth-order valence-corrected chi connectivity index (χ4v) is 4.97. The van der Waals surface area contributed by atoms with E-state index in [1.54, 1.807) is 6.07 Å². The third-order valence-corrected chi connectivity index (χ3v) is 6.18. The van der Waals surface area contributed by atoms with Gasteiger partial charge in [-0.1, -0.05) is 12.1 Å². The van der Waals surface area contributed by atoms with Crippen LogP contribution < -0.4 is 5.73 Å². The standard InChI is InChI=1S/C19H26N2O2/c1-23-19(15-4-2-3-14(9-15)18(20)22)16-7-8-17(19)12-21(11-16)10-13-5-6-13/h2-4,9,13,16-17H,5-8,10-12H2,1H3,(H2,20,22). The molecule has 2 bridgehead atoms. The molecule has 2 N–H and O–H groups in total. The number of hydrogen-bond acceptors (Lipinski definition) is 3. The molecule has 1 aliphatic heterocycles. The number of benzene rings is 1. The number of rotatable bonds is 5. The van der Waals surface area contributed by atoms with Gasteiger partial charge < -0.3 is 15.4 Å². The molecule has 1 aromatic rings. The molecule has 124 valence electrons. The van der Waals surface area contributed by atoms with Crippen LogP contribution in [0.25, 0.3) is 0 Å². The van der Waals surface area contributed by atoms with E-state index in [1.807, 2.05) is 19.2 Å². The molecule has 3 aliphatic rings. The molecule has 1 amide bonds. The predicted molar refractivity (Wildman–Crippen MR) is 89.0 cm³/mol. The van der Waals surface area contributed by atoms with Gasteiger partial charge in [0.2, 0.25) is 5.91 Å². The van der Waals surface area contributed by atoms with E-state index in [9.17, 15) is 4.79 Å². The summed E-state index contributed by atoms with van der Waals surface area (Å²) >= 11 is 0. The number of likely N-dealkylation sites (tertiary alicyclic amines) is 1. The smallest absolute Gasteiger partial charge is 0.248 e. The van der Waals surface area contributed by atoms with Crippen LogP contribution in [0.4, 0.5) is 0 Å². The van der Waals surface area contributed by atoms with Gasteiger partial charge in [-0.15, -0.1) is 0 Å². The van der Waals surface area contributed by atoms with E-state index >= 15 is 0 Å². The van der Waals surface area contributed by atoms with Crippen molar-refractivity contribution in [3.63, 3.8) is 0 Å². The first kappa shape index (κ1) is 15.2. The molecule has 0 spiro atoms. The first-order valence-electron chi connectivity index (χ1n) is 8.81. The minimum Gasteiger partial charge on any atom is -0.373 e. The van der Waals surface area contributed by atoms with Gasteiger partial charge in [0.15, 0.2) is 0 Å². The second-order valence-electron chi connectivity index (χ2n) is 7.58. The lowest BCUT2D eigenvalue weighted by Crippen LogP contribution is -2.53. The van der Waals surface area contributed by atoms with Crippen molar-refractivity contribution >= 4 is 5.91 Å². The van der Waals surface area contributed by atoms with E-state index < -0.39 is 0 Å². The zero-order valence-electron chi connectivity index (χ0n) is 13.8. The van der Waals surface area contributed by atoms with Crippen molar-refractivity contribution in [2.24, 2.45) is 23.5 Å². The van der Waals surface area contributed by atoms with Crippen molar-refractivity contribution < 1.29 is 9.53 Å². The number of carbonyl (C=O) groups excluding carboxylic acids is 1. The number of carbonyl (C=O) groups is 1. The molecular formula is C19H26N2O2. The lowest BCUT2D eigenvalue weighted by Gasteiger charge is -2.47. The third kappa shape index (κ3) is 2.48. The highest BCUT2D eigenvalue weighted by molar-refractivity contribution is 5.92. The van der Waals surface area contributed by atoms with Crippen LogP contribution in [0.3, 0.4) is 0 Å². The Morgan fingerprint density at radius 1 is 1.26 bits per heavy atom. The minimum atomic E-state index is -0.364. The number of ether oxygens (including phenoxy) is 1. The Morgan fingerprint density at radius 3 is 2.52 bits per heavy atom. The quantitative estimate of drug-likeness (QED) is 0.908. The molecule has 4 nitrogen and oxygen atoms in total. The summed E-state index contributed by atoms with van der Waals surface area (Å²) in [6.45, 7) is 3.48. The highest BCUT2D eigenvalue weighted by Crippen LogP contribution is 2.54. The number of fused-ring (bicyclic) bond motifs is 2. The summed E-state index contributed by atoms with van der Waals surface area (Å²) in [5.74, 6) is 1.58. The SMILES string of the molecule is COC1(c2cccc(C(N)=O)c2)C2CCC1CN(CC1CC1)C2. The Balaban J connectivity index is 1.65. The maximum absolute atomic E-state index is 11.6. The zero-order chi connectivity index (χ0) is 16.0. The Bertz CT molecular complexity index is 597. The van der Waals surface area contributed by atoms with Crippen LogP contribution in [0.2, 0.25) is 0 Å². The average molecular weight is 314 g/mol. The number of hydrogen-bond donors (Lipinski definition) is 1. The van der Waals surface area contributed by atoms with Gasteiger partial charge >= 0.3 is 0 Å². The molecule has 23 heavy (non-hydrogen) atoms. The predicted octanol–water partition coefficient (Wildman–Crippen LogP) is 2.38. The number of primary amides is 1. The van der Waals surface area contributed by atoms with Crippen molar-refractivity contribution in [1.82, 2.24) is 4.90 Å². The van der Waals surface area contributed by atoms with Gasteiger partial charge in [-0.25, -0.2) is 0 Å². The molecule has 2 aliphatic carbocycles. The Labute approximate surface area is 138 Å². The summed E-state index contributed by atoms with van der Waals surface area (Å²) in [5.41, 5.74) is 6.95. The van der Waals surface area contributed by atoms with Crippen LogP contribution in [0.5, 0.6) is 0 Å². The largest absolute Gasteiger partial charge is 0.373 e. The average Bonchev–Trinajstić information content (AvgIpc) is 3.33. The lowest BCUT2D eigenvalue weighted by atomic mass is 9.74. The normalized spacial score (nSPS) is 33.8. The van der Waals surface area contributed by atoms with Crippen molar-refractivity contribution in [3.05, 3.63) is 35.4 Å². The van der Waals surface area contributed by atoms with Crippen LogP contribution in [-0.4, -0.2) is 37.6 Å². The first-order chi connectivity index (χ1) is 11.1. The number of amides is 1. The van der Waals surface area contributed by atoms with Gasteiger partial charge in [0.1, 0.15) is 5.60 Å². The maximum atomic E-state index is 11.6. The van der Waals surface area contributed by atoms with Gasteiger partial charge in [-0.2, -0.15) is 0 Å². The van der Waals surface area contributed by atoms with Crippen LogP contribution >= 0.6 is 0 Å². The van der Waals surface area contributed by atoms with E-state index in [0.29, 0.717) is 17.4 Å². The van der Waals surface area contributed by atoms with Gasteiger partial charge in [0.25, 0.3) is 0 Å². The molecule has 2 atom stereocenters. The molecule has 1 saturated heterocycles. The molecular weight excluding hydrogens is 288 g/mol. The van der Waals surface area contributed by atoms with Crippen molar-refractivity contribution in [3.8, 4) is 0 Å². The molecule has 4 rings (SSSR count). The summed E-state index contributed by atoms with van der Waals surface area (Å²) in [5, 5.41) is 0. The monoisotopic (exact) mass is 314 g/mol. The van der Waals surface area contributed by atoms with Crippen molar-refractivity contribution in [1.29, 1.82) is 0 Å². The zero-order valence-corrected chi connectivity index (χ0v) is 13.8. The molecule has 3 fully saturated rings. The molecule has 2 unspecified atom stereocenters. The summed E-state index contributed by atoms with van der Waals surface area (Å²) in [7, 11) is 1.83. The molecule has 4 heteroatoms. The summed E-state index contributed by atoms with van der Waals surface area (Å²) < 4.78 is 6.18. The lowest BCUT2D eigenvalue weighted by molar-refractivity contribution is -0.119. The molecule has 1 heterocycles. The van der Waals surface area contributed by atoms with Gasteiger partial charge in [0.05, 0.1) is 0 Å². The van der Waals surface area contributed by atoms with Crippen LogP contribution in [0.1, 0.15) is 41.6 Å². The van der Waals surface area contributed by atoms with Crippen molar-refractivity contribution in [2.45, 2.75) is 31.3 Å². The van der Waals surface area contributed by atoms with Gasteiger partial charge in [-0.3, -0.25) is 4.79 Å². The number of piperidine rings is 1. The number of nitrogens with two attached hydrogens (primary N) is 1. The second kappa shape index (κ2) is 5.60. The molecule has 2 saturated carbocycles. The maximum Gasteiger partial charge on any atom is 0.248 e. The number of nitrogens with zero attached hydrogens (tertiary/aromatic N) is 1. The Hall–Kier alpha value is -1.39. The summed E-state index contributed by atoms with van der Waals surface area (Å²) in [4.78, 5) is 14.2. The fourth-order valence-electron chi connectivity index (χ4n) is 4.97. The molecule has 0 aromatic heterocycles. The summed E-state index contributed by atoms with van der Waals surface area (Å²) in [6.07, 6.45) is 5.23. The highest BCUT2D eigenvalue weighted by Gasteiger charge is 2.55. The minimum absolute atomic E-state index is 0.245. The van der Waals surface area contributed by atoms with E-state index in [2.05, 4.69) is 11.0 Å².